The molecule has 1 saturated heterocycles. The zero-order valence-electron chi connectivity index (χ0n) is 22.8. The molecule has 7 nitrogen and oxygen atoms in total. The van der Waals surface area contributed by atoms with Crippen molar-refractivity contribution in [3.05, 3.63) is 87.4 Å². The maximum atomic E-state index is 12.9. The molecule has 9 heteroatoms. The van der Waals surface area contributed by atoms with Crippen molar-refractivity contribution in [3.63, 3.8) is 0 Å². The third kappa shape index (κ3) is 7.83. The number of rotatable bonds is 11. The van der Waals surface area contributed by atoms with Gasteiger partial charge in [0.15, 0.2) is 11.5 Å². The number of piperidine rings is 1. The number of hydrogen-bond acceptors (Lipinski definition) is 6. The molecule has 1 amide bonds. The standard InChI is InChI=1S/C31H34Cl2N2O5/c1-3-39-31(37)23-5-9-26(10-6-23)35-15-12-21(13-16-35)20-34-30(36)24-7-11-28(38-2)29(18-24)40-17-14-22-4-8-25(32)19-27(22)33/h4-11,18-19,21H,3,12-17,20H2,1-2H3,(H,34,36). The average molecular weight is 586 g/mol. The van der Waals surface area contributed by atoms with Gasteiger partial charge in [-0.15, -0.1) is 0 Å². The van der Waals surface area contributed by atoms with Crippen LogP contribution < -0.4 is 19.7 Å². The number of ether oxygens (including phenoxy) is 3. The molecule has 1 aliphatic rings. The van der Waals surface area contributed by atoms with Gasteiger partial charge in [0.05, 0.1) is 25.9 Å². The van der Waals surface area contributed by atoms with Crippen LogP contribution in [0.25, 0.3) is 0 Å². The second kappa shape index (κ2) is 14.3. The summed E-state index contributed by atoms with van der Waals surface area (Å²) in [5.41, 5.74) is 3.08. The number of nitrogens with one attached hydrogen (secondary N) is 1. The van der Waals surface area contributed by atoms with Gasteiger partial charge in [0.1, 0.15) is 0 Å². The van der Waals surface area contributed by atoms with Gasteiger partial charge in [-0.1, -0.05) is 29.3 Å². The van der Waals surface area contributed by atoms with Crippen LogP contribution in [0.2, 0.25) is 10.0 Å². The molecule has 1 aliphatic heterocycles. The van der Waals surface area contributed by atoms with Gasteiger partial charge in [0, 0.05) is 47.4 Å². The summed E-state index contributed by atoms with van der Waals surface area (Å²) in [6, 6.07) is 18.1. The summed E-state index contributed by atoms with van der Waals surface area (Å²) < 4.78 is 16.4. The molecule has 0 unspecified atom stereocenters. The molecule has 40 heavy (non-hydrogen) atoms. The number of esters is 1. The summed E-state index contributed by atoms with van der Waals surface area (Å²) in [7, 11) is 1.57. The van der Waals surface area contributed by atoms with Crippen LogP contribution in [0, 0.1) is 5.92 Å². The fourth-order valence-corrected chi connectivity index (χ4v) is 5.19. The first-order valence-electron chi connectivity index (χ1n) is 13.4. The molecule has 0 aliphatic carbocycles. The molecule has 0 bridgehead atoms. The van der Waals surface area contributed by atoms with Gasteiger partial charge >= 0.3 is 5.97 Å². The summed E-state index contributed by atoms with van der Waals surface area (Å²) in [6.07, 6.45) is 2.51. The van der Waals surface area contributed by atoms with Crippen LogP contribution in [0.5, 0.6) is 11.5 Å². The van der Waals surface area contributed by atoms with E-state index in [0.717, 1.165) is 37.2 Å². The number of methoxy groups -OCH3 is 1. The molecule has 0 spiro atoms. The van der Waals surface area contributed by atoms with E-state index in [-0.39, 0.29) is 11.9 Å². The van der Waals surface area contributed by atoms with Crippen molar-refractivity contribution in [2.45, 2.75) is 26.2 Å². The summed E-state index contributed by atoms with van der Waals surface area (Å²) in [5, 5.41) is 4.26. The van der Waals surface area contributed by atoms with E-state index in [9.17, 15) is 9.59 Å². The first-order chi connectivity index (χ1) is 19.4. The Balaban J connectivity index is 1.26. The first-order valence-corrected chi connectivity index (χ1v) is 14.2. The van der Waals surface area contributed by atoms with Crippen LogP contribution >= 0.6 is 23.2 Å². The lowest BCUT2D eigenvalue weighted by atomic mass is 9.96. The molecule has 0 aromatic heterocycles. The van der Waals surface area contributed by atoms with E-state index in [1.165, 1.54) is 0 Å². The summed E-state index contributed by atoms with van der Waals surface area (Å²) >= 11 is 12.2. The van der Waals surface area contributed by atoms with Gasteiger partial charge < -0.3 is 24.4 Å². The van der Waals surface area contributed by atoms with E-state index in [2.05, 4.69) is 10.2 Å². The predicted octanol–water partition coefficient (Wildman–Crippen LogP) is 6.45. The molecule has 0 atom stereocenters. The van der Waals surface area contributed by atoms with Gasteiger partial charge in [0.25, 0.3) is 5.91 Å². The number of anilines is 1. The third-order valence-corrected chi connectivity index (χ3v) is 7.57. The minimum Gasteiger partial charge on any atom is -0.493 e. The molecular weight excluding hydrogens is 551 g/mol. The number of carbonyl (C=O) groups excluding carboxylic acids is 2. The van der Waals surface area contributed by atoms with Gasteiger partial charge in [-0.05, 0) is 85.8 Å². The topological polar surface area (TPSA) is 77.1 Å². The average Bonchev–Trinajstić information content (AvgIpc) is 2.97. The van der Waals surface area contributed by atoms with Crippen molar-refractivity contribution in [3.8, 4) is 11.5 Å². The van der Waals surface area contributed by atoms with Crippen molar-refractivity contribution in [2.24, 2.45) is 5.92 Å². The van der Waals surface area contributed by atoms with Crippen LogP contribution in [0.1, 0.15) is 46.0 Å². The van der Waals surface area contributed by atoms with Gasteiger partial charge in [-0.3, -0.25) is 4.79 Å². The van der Waals surface area contributed by atoms with Crippen molar-refractivity contribution in [1.82, 2.24) is 5.32 Å². The Hall–Kier alpha value is -3.42. The van der Waals surface area contributed by atoms with Crippen LogP contribution in [0.15, 0.2) is 60.7 Å². The Labute approximate surface area is 245 Å². The van der Waals surface area contributed by atoms with Crippen molar-refractivity contribution in [2.75, 3.05) is 44.9 Å². The first kappa shape index (κ1) is 29.6. The number of benzene rings is 3. The summed E-state index contributed by atoms with van der Waals surface area (Å²) in [6.45, 7) is 4.90. The molecule has 0 radical (unpaired) electrons. The van der Waals surface area contributed by atoms with E-state index < -0.39 is 0 Å². The van der Waals surface area contributed by atoms with Crippen molar-refractivity contribution in [1.29, 1.82) is 0 Å². The maximum absolute atomic E-state index is 12.9. The highest BCUT2D eigenvalue weighted by molar-refractivity contribution is 6.35. The number of nitrogens with zero attached hydrogens (tertiary/aromatic N) is 1. The second-order valence-corrected chi connectivity index (χ2v) is 10.5. The van der Waals surface area contributed by atoms with E-state index in [4.69, 9.17) is 37.4 Å². The van der Waals surface area contributed by atoms with Crippen molar-refractivity contribution >= 4 is 40.8 Å². The lowest BCUT2D eigenvalue weighted by Gasteiger charge is -2.33. The molecule has 0 saturated carbocycles. The molecule has 1 N–H and O–H groups in total. The van der Waals surface area contributed by atoms with E-state index >= 15 is 0 Å². The number of halogens is 2. The van der Waals surface area contributed by atoms with E-state index in [1.807, 2.05) is 18.2 Å². The van der Waals surface area contributed by atoms with Crippen LogP contribution in [0.3, 0.4) is 0 Å². The number of hydrogen-bond donors (Lipinski definition) is 1. The monoisotopic (exact) mass is 584 g/mol. The summed E-state index contributed by atoms with van der Waals surface area (Å²) in [4.78, 5) is 27.1. The molecule has 1 fully saturated rings. The van der Waals surface area contributed by atoms with Crippen LogP contribution in [-0.2, 0) is 11.2 Å². The number of carbonyl (C=O) groups is 2. The Morgan fingerprint density at radius 3 is 2.35 bits per heavy atom. The zero-order chi connectivity index (χ0) is 28.5. The number of amides is 1. The third-order valence-electron chi connectivity index (χ3n) is 6.98. The highest BCUT2D eigenvalue weighted by Gasteiger charge is 2.21. The maximum Gasteiger partial charge on any atom is 0.338 e. The fourth-order valence-electron chi connectivity index (χ4n) is 4.68. The van der Waals surface area contributed by atoms with Gasteiger partial charge in [-0.25, -0.2) is 4.79 Å². The minimum atomic E-state index is -0.304. The molecule has 212 valence electrons. The lowest BCUT2D eigenvalue weighted by Crippen LogP contribution is -2.38. The van der Waals surface area contributed by atoms with Gasteiger partial charge in [0.2, 0.25) is 0 Å². The SMILES string of the molecule is CCOC(=O)c1ccc(N2CCC(CNC(=O)c3ccc(OC)c(OCCc4ccc(Cl)cc4Cl)c3)CC2)cc1. The van der Waals surface area contributed by atoms with Crippen LogP contribution in [-0.4, -0.2) is 51.8 Å². The quantitative estimate of drug-likeness (QED) is 0.261. The molecule has 1 heterocycles. The van der Waals surface area contributed by atoms with Gasteiger partial charge in [-0.2, -0.15) is 0 Å². The molecular formula is C31H34Cl2N2O5. The largest absolute Gasteiger partial charge is 0.493 e. The Morgan fingerprint density at radius 2 is 1.68 bits per heavy atom. The van der Waals surface area contributed by atoms with E-state index in [1.54, 1.807) is 56.5 Å². The Kier molecular flexibility index (Phi) is 10.6. The minimum absolute atomic E-state index is 0.148. The predicted molar refractivity (Wildman–Crippen MR) is 158 cm³/mol. The smallest absolute Gasteiger partial charge is 0.338 e. The Morgan fingerprint density at radius 1 is 0.950 bits per heavy atom. The zero-order valence-corrected chi connectivity index (χ0v) is 24.3. The normalized spacial score (nSPS) is 13.6. The van der Waals surface area contributed by atoms with Crippen LogP contribution in [0.4, 0.5) is 5.69 Å². The fraction of sp³-hybridized carbons (Fsp3) is 0.355. The highest BCUT2D eigenvalue weighted by Crippen LogP contribution is 2.29. The highest BCUT2D eigenvalue weighted by atomic mass is 35.5. The van der Waals surface area contributed by atoms with E-state index in [0.29, 0.717) is 64.8 Å². The second-order valence-electron chi connectivity index (χ2n) is 9.61. The summed E-state index contributed by atoms with van der Waals surface area (Å²) in [5.74, 6) is 0.994. The molecule has 4 rings (SSSR count). The molecule has 3 aromatic carbocycles. The van der Waals surface area contributed by atoms with Crippen molar-refractivity contribution < 1.29 is 23.8 Å². The molecule has 3 aromatic rings. The lowest BCUT2D eigenvalue weighted by molar-refractivity contribution is 0.0526. The Bertz CT molecular complexity index is 1310.